The van der Waals surface area contributed by atoms with E-state index >= 15 is 0 Å². The Morgan fingerprint density at radius 2 is 1.84 bits per heavy atom. The van der Waals surface area contributed by atoms with Crippen LogP contribution in [0.25, 0.3) is 0 Å². The molecule has 0 aromatic heterocycles. The molecule has 1 saturated heterocycles. The highest BCUT2D eigenvalue weighted by Crippen LogP contribution is 2.58. The van der Waals surface area contributed by atoms with Crippen LogP contribution in [-0.2, 0) is 9.59 Å². The summed E-state index contributed by atoms with van der Waals surface area (Å²) in [5.74, 6) is -2.86. The van der Waals surface area contributed by atoms with Gasteiger partial charge in [-0.15, -0.1) is 0 Å². The molecule has 7 heteroatoms. The number of aliphatic carboxylic acids is 1. The van der Waals surface area contributed by atoms with E-state index < -0.39 is 29.1 Å². The third kappa shape index (κ3) is 3.23. The Morgan fingerprint density at radius 1 is 1.20 bits per heavy atom. The maximum absolute atomic E-state index is 12.7. The smallest absolute Gasteiger partial charge is 0.307 e. The molecule has 3 rings (SSSR count). The largest absolute Gasteiger partial charge is 0.481 e. The average molecular weight is 365 g/mol. The zero-order valence-electron chi connectivity index (χ0n) is 14.2. The summed E-state index contributed by atoms with van der Waals surface area (Å²) in [5.41, 5.74) is 0.111. The number of rotatable bonds is 4. The molecule has 134 valence electrons. The first-order chi connectivity index (χ1) is 11.7. The molecule has 2 atom stereocenters. The van der Waals surface area contributed by atoms with Crippen molar-refractivity contribution in [3.8, 4) is 0 Å². The minimum Gasteiger partial charge on any atom is -0.481 e. The summed E-state index contributed by atoms with van der Waals surface area (Å²) in [6, 6.07) is 4.75. The lowest BCUT2D eigenvalue weighted by atomic mass is 10.1. The number of benzene rings is 1. The quantitative estimate of drug-likeness (QED) is 0.860. The summed E-state index contributed by atoms with van der Waals surface area (Å²) in [4.78, 5) is 38.3. The first-order valence-electron chi connectivity index (χ1n) is 8.36. The molecule has 1 aliphatic carbocycles. The van der Waals surface area contributed by atoms with Crippen molar-refractivity contribution < 1.29 is 19.5 Å². The zero-order chi connectivity index (χ0) is 18.4. The molecule has 0 radical (unpaired) electrons. The minimum atomic E-state index is -0.982. The number of carboxylic acid groups (broad SMARTS) is 1. The number of hydrogen-bond donors (Lipinski definition) is 2. The number of amides is 2. The van der Waals surface area contributed by atoms with Crippen LogP contribution in [-0.4, -0.2) is 40.9 Å². The third-order valence-electron chi connectivity index (χ3n) is 5.24. The number of carbonyl (C=O) groups is 3. The van der Waals surface area contributed by atoms with Gasteiger partial charge >= 0.3 is 5.97 Å². The standard InChI is InChI=1S/C18H21ClN2O4/c1-18(2)13(14(18)17(24)25)15(22)20-12-9-10(19)5-6-11(12)16(23)21-7-3-4-8-21/h5-6,9,13-14H,3-4,7-8H2,1-2H3,(H,20,22)(H,24,25). The minimum absolute atomic E-state index is 0.144. The van der Waals surface area contributed by atoms with Gasteiger partial charge in [0.2, 0.25) is 5.91 Å². The van der Waals surface area contributed by atoms with E-state index in [-0.39, 0.29) is 5.91 Å². The molecule has 2 fully saturated rings. The summed E-state index contributed by atoms with van der Waals surface area (Å²) in [7, 11) is 0. The van der Waals surface area contributed by atoms with E-state index in [2.05, 4.69) is 5.32 Å². The van der Waals surface area contributed by atoms with Crippen LogP contribution in [0.1, 0.15) is 37.0 Å². The maximum atomic E-state index is 12.7. The Hall–Kier alpha value is -2.08. The Bertz CT molecular complexity index is 741. The molecule has 0 spiro atoms. The predicted octanol–water partition coefficient (Wildman–Crippen LogP) is 2.87. The molecule has 25 heavy (non-hydrogen) atoms. The van der Waals surface area contributed by atoms with Crippen LogP contribution in [0, 0.1) is 17.3 Å². The van der Waals surface area contributed by atoms with E-state index in [1.807, 2.05) is 0 Å². The molecule has 1 aromatic carbocycles. The van der Waals surface area contributed by atoms with Crippen molar-refractivity contribution in [1.82, 2.24) is 4.90 Å². The molecule has 1 saturated carbocycles. The van der Waals surface area contributed by atoms with Crippen LogP contribution in [0.5, 0.6) is 0 Å². The fourth-order valence-corrected chi connectivity index (χ4v) is 3.87. The zero-order valence-corrected chi connectivity index (χ0v) is 15.0. The lowest BCUT2D eigenvalue weighted by molar-refractivity contribution is -0.140. The van der Waals surface area contributed by atoms with Crippen LogP contribution >= 0.6 is 11.6 Å². The van der Waals surface area contributed by atoms with E-state index in [9.17, 15) is 19.5 Å². The van der Waals surface area contributed by atoms with Crippen molar-refractivity contribution in [3.63, 3.8) is 0 Å². The van der Waals surface area contributed by atoms with E-state index in [0.29, 0.717) is 29.4 Å². The van der Waals surface area contributed by atoms with Crippen LogP contribution in [0.4, 0.5) is 5.69 Å². The van der Waals surface area contributed by atoms with E-state index in [1.165, 1.54) is 6.07 Å². The Kier molecular flexibility index (Phi) is 4.49. The second-order valence-electron chi connectivity index (χ2n) is 7.29. The number of carbonyl (C=O) groups excluding carboxylic acids is 2. The van der Waals surface area contributed by atoms with E-state index in [0.717, 1.165) is 12.8 Å². The summed E-state index contributed by atoms with van der Waals surface area (Å²) in [5, 5.41) is 12.4. The summed E-state index contributed by atoms with van der Waals surface area (Å²) >= 11 is 6.02. The normalized spacial score (nSPS) is 24.0. The molecule has 2 N–H and O–H groups in total. The second-order valence-corrected chi connectivity index (χ2v) is 7.73. The maximum Gasteiger partial charge on any atom is 0.307 e. The van der Waals surface area contributed by atoms with Gasteiger partial charge in [-0.05, 0) is 36.5 Å². The number of nitrogens with zero attached hydrogens (tertiary/aromatic N) is 1. The van der Waals surface area contributed by atoms with Gasteiger partial charge in [0.1, 0.15) is 0 Å². The lowest BCUT2D eigenvalue weighted by Gasteiger charge is -2.18. The topological polar surface area (TPSA) is 86.7 Å². The number of likely N-dealkylation sites (tertiary alicyclic amines) is 1. The molecular weight excluding hydrogens is 344 g/mol. The van der Waals surface area contributed by atoms with Crippen molar-refractivity contribution in [2.24, 2.45) is 17.3 Å². The van der Waals surface area contributed by atoms with Crippen LogP contribution in [0.15, 0.2) is 18.2 Å². The van der Waals surface area contributed by atoms with Crippen LogP contribution in [0.3, 0.4) is 0 Å². The highest BCUT2D eigenvalue weighted by molar-refractivity contribution is 6.31. The van der Waals surface area contributed by atoms with Gasteiger partial charge in [0.05, 0.1) is 23.1 Å². The monoisotopic (exact) mass is 364 g/mol. The van der Waals surface area contributed by atoms with Gasteiger partial charge < -0.3 is 15.3 Å². The number of halogens is 1. The van der Waals surface area contributed by atoms with Gasteiger partial charge in [0.25, 0.3) is 5.91 Å². The number of nitrogens with one attached hydrogen (secondary N) is 1. The summed E-state index contributed by atoms with van der Waals surface area (Å²) < 4.78 is 0. The molecule has 2 unspecified atom stereocenters. The first-order valence-corrected chi connectivity index (χ1v) is 8.74. The first kappa shape index (κ1) is 17.7. The summed E-state index contributed by atoms with van der Waals surface area (Å²) in [6.45, 7) is 4.91. The summed E-state index contributed by atoms with van der Waals surface area (Å²) in [6.07, 6.45) is 1.94. The average Bonchev–Trinajstić information content (AvgIpc) is 2.88. The Balaban J connectivity index is 1.82. The van der Waals surface area contributed by atoms with Crippen molar-refractivity contribution in [2.45, 2.75) is 26.7 Å². The van der Waals surface area contributed by atoms with Gasteiger partial charge in [-0.25, -0.2) is 0 Å². The highest BCUT2D eigenvalue weighted by Gasteiger charge is 2.65. The highest BCUT2D eigenvalue weighted by atomic mass is 35.5. The second kappa shape index (κ2) is 6.33. The molecule has 1 aromatic rings. The SMILES string of the molecule is CC1(C)C(C(=O)O)C1C(=O)Nc1cc(Cl)ccc1C(=O)N1CCCC1. The predicted molar refractivity (Wildman–Crippen MR) is 93.6 cm³/mol. The molecular formula is C18H21ClN2O4. The van der Waals surface area contributed by atoms with E-state index in [1.54, 1.807) is 30.9 Å². The van der Waals surface area contributed by atoms with Crippen molar-refractivity contribution in [2.75, 3.05) is 18.4 Å². The molecule has 1 heterocycles. The van der Waals surface area contributed by atoms with Crippen molar-refractivity contribution >= 4 is 35.1 Å². The third-order valence-corrected chi connectivity index (χ3v) is 5.47. The lowest BCUT2D eigenvalue weighted by Crippen LogP contribution is -2.29. The Labute approximate surface area is 151 Å². The van der Waals surface area contributed by atoms with Gasteiger partial charge in [0, 0.05) is 18.1 Å². The molecule has 0 bridgehead atoms. The van der Waals surface area contributed by atoms with Gasteiger partial charge in [-0.2, -0.15) is 0 Å². The number of hydrogen-bond acceptors (Lipinski definition) is 3. The molecule has 6 nitrogen and oxygen atoms in total. The Morgan fingerprint density at radius 3 is 2.40 bits per heavy atom. The fraction of sp³-hybridized carbons (Fsp3) is 0.500. The number of carboxylic acids is 1. The van der Waals surface area contributed by atoms with Crippen molar-refractivity contribution in [3.05, 3.63) is 28.8 Å². The number of anilines is 1. The molecule has 2 amide bonds. The molecule has 2 aliphatic rings. The van der Waals surface area contributed by atoms with Gasteiger partial charge in [-0.1, -0.05) is 25.4 Å². The van der Waals surface area contributed by atoms with Gasteiger partial charge in [0.15, 0.2) is 0 Å². The van der Waals surface area contributed by atoms with Crippen LogP contribution < -0.4 is 5.32 Å². The van der Waals surface area contributed by atoms with E-state index in [4.69, 9.17) is 11.6 Å². The fourth-order valence-electron chi connectivity index (χ4n) is 3.70. The van der Waals surface area contributed by atoms with Crippen LogP contribution in [0.2, 0.25) is 5.02 Å². The molecule has 1 aliphatic heterocycles. The van der Waals surface area contributed by atoms with Gasteiger partial charge in [-0.3, -0.25) is 14.4 Å². The van der Waals surface area contributed by atoms with Crippen molar-refractivity contribution in [1.29, 1.82) is 0 Å².